The van der Waals surface area contributed by atoms with Crippen molar-refractivity contribution >= 4 is 11.7 Å². The van der Waals surface area contributed by atoms with Crippen LogP contribution >= 0.6 is 0 Å². The highest BCUT2D eigenvalue weighted by Gasteiger charge is 2.13. The number of ether oxygens (including phenoxy) is 2. The SMILES string of the molecule is COc1cccc(Cn2nccc2NC(=O)Cc2ccc(-c3ccccc3)cc2)c1OC. The maximum Gasteiger partial charge on any atom is 0.229 e. The van der Waals surface area contributed by atoms with Gasteiger partial charge in [-0.15, -0.1) is 0 Å². The zero-order chi connectivity index (χ0) is 22.3. The highest BCUT2D eigenvalue weighted by Crippen LogP contribution is 2.31. The van der Waals surface area contributed by atoms with Crippen molar-refractivity contribution in [2.24, 2.45) is 0 Å². The first kappa shape index (κ1) is 21.2. The standard InChI is InChI=1S/C26H25N3O3/c1-31-23-10-6-9-22(26(23)32-2)18-29-24(15-16-27-29)28-25(30)17-19-11-13-21(14-12-19)20-7-4-3-5-8-20/h3-16H,17-18H2,1-2H3,(H,28,30). The Bertz CT molecular complexity index is 1180. The number of nitrogens with one attached hydrogen (secondary N) is 1. The number of nitrogens with zero attached hydrogens (tertiary/aromatic N) is 2. The Morgan fingerprint density at radius 3 is 2.34 bits per heavy atom. The van der Waals surface area contributed by atoms with E-state index in [9.17, 15) is 4.79 Å². The number of carbonyl (C=O) groups is 1. The second-order valence-corrected chi connectivity index (χ2v) is 7.31. The molecule has 6 heteroatoms. The number of hydrogen-bond acceptors (Lipinski definition) is 4. The molecule has 0 aliphatic heterocycles. The monoisotopic (exact) mass is 427 g/mol. The van der Waals surface area contributed by atoms with Gasteiger partial charge in [0.25, 0.3) is 0 Å². The van der Waals surface area contributed by atoms with Crippen LogP contribution in [0.15, 0.2) is 85.1 Å². The third kappa shape index (κ3) is 4.81. The Hall–Kier alpha value is -4.06. The van der Waals surface area contributed by atoms with Crippen LogP contribution in [0.2, 0.25) is 0 Å². The van der Waals surface area contributed by atoms with E-state index in [-0.39, 0.29) is 12.3 Å². The van der Waals surface area contributed by atoms with E-state index in [4.69, 9.17) is 9.47 Å². The maximum atomic E-state index is 12.7. The van der Waals surface area contributed by atoms with E-state index in [1.807, 2.05) is 60.7 Å². The van der Waals surface area contributed by atoms with Gasteiger partial charge in [0.15, 0.2) is 11.5 Å². The van der Waals surface area contributed by atoms with Crippen molar-refractivity contribution in [2.75, 3.05) is 19.5 Å². The van der Waals surface area contributed by atoms with Gasteiger partial charge in [-0.1, -0.05) is 66.7 Å². The summed E-state index contributed by atoms with van der Waals surface area (Å²) in [6, 6.07) is 25.7. The zero-order valence-corrected chi connectivity index (χ0v) is 18.1. The summed E-state index contributed by atoms with van der Waals surface area (Å²) in [6.07, 6.45) is 1.94. The summed E-state index contributed by atoms with van der Waals surface area (Å²) in [5, 5.41) is 7.31. The molecule has 0 spiro atoms. The van der Waals surface area contributed by atoms with Gasteiger partial charge in [-0.25, -0.2) is 4.68 Å². The lowest BCUT2D eigenvalue weighted by Crippen LogP contribution is -2.18. The normalized spacial score (nSPS) is 10.6. The van der Waals surface area contributed by atoms with E-state index in [1.54, 1.807) is 31.2 Å². The van der Waals surface area contributed by atoms with Crippen molar-refractivity contribution in [1.82, 2.24) is 9.78 Å². The lowest BCUT2D eigenvalue weighted by atomic mass is 10.0. The van der Waals surface area contributed by atoms with Gasteiger partial charge in [0.2, 0.25) is 5.91 Å². The van der Waals surface area contributed by atoms with Gasteiger partial charge in [-0.2, -0.15) is 5.10 Å². The maximum absolute atomic E-state index is 12.7. The molecule has 162 valence electrons. The van der Waals surface area contributed by atoms with E-state index >= 15 is 0 Å². The smallest absolute Gasteiger partial charge is 0.229 e. The minimum Gasteiger partial charge on any atom is -0.493 e. The summed E-state index contributed by atoms with van der Waals surface area (Å²) in [7, 11) is 3.21. The molecular weight excluding hydrogens is 402 g/mol. The Labute approximate surface area is 187 Å². The van der Waals surface area contributed by atoms with E-state index in [0.717, 1.165) is 22.3 Å². The molecule has 0 aliphatic carbocycles. The van der Waals surface area contributed by atoms with Crippen molar-refractivity contribution in [2.45, 2.75) is 13.0 Å². The molecule has 1 N–H and O–H groups in total. The van der Waals surface area contributed by atoms with Gasteiger partial charge in [0, 0.05) is 11.6 Å². The number of anilines is 1. The van der Waals surface area contributed by atoms with E-state index < -0.39 is 0 Å². The number of benzene rings is 3. The van der Waals surface area contributed by atoms with Crippen LogP contribution in [0.5, 0.6) is 11.5 Å². The van der Waals surface area contributed by atoms with Gasteiger partial charge in [0.05, 0.1) is 33.4 Å². The lowest BCUT2D eigenvalue weighted by Gasteiger charge is -2.14. The summed E-state index contributed by atoms with van der Waals surface area (Å²) in [5.74, 6) is 1.83. The molecule has 6 nitrogen and oxygen atoms in total. The second kappa shape index (κ2) is 9.83. The summed E-state index contributed by atoms with van der Waals surface area (Å²) in [5.41, 5.74) is 4.13. The Morgan fingerprint density at radius 1 is 0.875 bits per heavy atom. The summed E-state index contributed by atoms with van der Waals surface area (Å²) >= 11 is 0. The average molecular weight is 428 g/mol. The molecule has 4 aromatic rings. The summed E-state index contributed by atoms with van der Waals surface area (Å²) in [6.45, 7) is 0.439. The van der Waals surface area contributed by atoms with Gasteiger partial charge >= 0.3 is 0 Å². The van der Waals surface area contributed by atoms with E-state index in [2.05, 4.69) is 22.5 Å². The Balaban J connectivity index is 1.43. The third-order valence-corrected chi connectivity index (χ3v) is 5.21. The Morgan fingerprint density at radius 2 is 1.62 bits per heavy atom. The van der Waals surface area contributed by atoms with Crippen molar-refractivity contribution < 1.29 is 14.3 Å². The van der Waals surface area contributed by atoms with E-state index in [0.29, 0.717) is 23.9 Å². The first-order valence-corrected chi connectivity index (χ1v) is 10.3. The van der Waals surface area contributed by atoms with E-state index in [1.165, 1.54) is 0 Å². The lowest BCUT2D eigenvalue weighted by molar-refractivity contribution is -0.115. The molecule has 0 radical (unpaired) electrons. The number of rotatable bonds is 8. The molecule has 1 heterocycles. The minimum absolute atomic E-state index is 0.100. The summed E-state index contributed by atoms with van der Waals surface area (Å²) in [4.78, 5) is 12.7. The first-order valence-electron chi connectivity index (χ1n) is 10.3. The average Bonchev–Trinajstić information content (AvgIpc) is 3.26. The fourth-order valence-corrected chi connectivity index (χ4v) is 3.62. The van der Waals surface area contributed by atoms with Crippen LogP contribution in [-0.4, -0.2) is 29.9 Å². The number of hydrogen-bond donors (Lipinski definition) is 1. The molecular formula is C26H25N3O3. The van der Waals surface area contributed by atoms with Gasteiger partial charge in [-0.05, 0) is 22.8 Å². The predicted molar refractivity (Wildman–Crippen MR) is 125 cm³/mol. The molecule has 0 saturated heterocycles. The first-order chi connectivity index (χ1) is 15.7. The predicted octanol–water partition coefficient (Wildman–Crippen LogP) is 4.80. The molecule has 32 heavy (non-hydrogen) atoms. The molecule has 0 aliphatic rings. The largest absolute Gasteiger partial charge is 0.493 e. The second-order valence-electron chi connectivity index (χ2n) is 7.31. The highest BCUT2D eigenvalue weighted by molar-refractivity contribution is 5.91. The van der Waals surface area contributed by atoms with Crippen molar-refractivity contribution in [3.8, 4) is 22.6 Å². The minimum atomic E-state index is -0.100. The van der Waals surface area contributed by atoms with Crippen LogP contribution in [0.1, 0.15) is 11.1 Å². The number of amides is 1. The quantitative estimate of drug-likeness (QED) is 0.439. The van der Waals surface area contributed by atoms with Crippen molar-refractivity contribution in [3.05, 3.63) is 96.2 Å². The Kier molecular flexibility index (Phi) is 6.51. The van der Waals surface area contributed by atoms with Crippen LogP contribution in [0, 0.1) is 0 Å². The molecule has 4 rings (SSSR count). The number of aromatic nitrogens is 2. The fourth-order valence-electron chi connectivity index (χ4n) is 3.62. The molecule has 3 aromatic carbocycles. The van der Waals surface area contributed by atoms with Crippen molar-refractivity contribution in [1.29, 1.82) is 0 Å². The van der Waals surface area contributed by atoms with Gasteiger partial charge in [0.1, 0.15) is 5.82 Å². The molecule has 0 atom stereocenters. The van der Waals surface area contributed by atoms with Crippen LogP contribution in [0.25, 0.3) is 11.1 Å². The van der Waals surface area contributed by atoms with Crippen molar-refractivity contribution in [3.63, 3.8) is 0 Å². The number of para-hydroxylation sites is 1. The molecule has 1 aromatic heterocycles. The molecule has 0 unspecified atom stereocenters. The molecule has 0 saturated carbocycles. The summed E-state index contributed by atoms with van der Waals surface area (Å²) < 4.78 is 12.6. The van der Waals surface area contributed by atoms with Gasteiger partial charge < -0.3 is 14.8 Å². The number of carbonyl (C=O) groups excluding carboxylic acids is 1. The van der Waals surface area contributed by atoms with Gasteiger partial charge in [-0.3, -0.25) is 4.79 Å². The van der Waals surface area contributed by atoms with Crippen LogP contribution in [0.4, 0.5) is 5.82 Å². The third-order valence-electron chi connectivity index (χ3n) is 5.21. The molecule has 0 bridgehead atoms. The molecule has 1 amide bonds. The topological polar surface area (TPSA) is 65.4 Å². The van der Waals surface area contributed by atoms with Crippen LogP contribution in [0.3, 0.4) is 0 Å². The van der Waals surface area contributed by atoms with Crippen LogP contribution in [-0.2, 0) is 17.8 Å². The zero-order valence-electron chi connectivity index (χ0n) is 18.1. The number of methoxy groups -OCH3 is 2. The molecule has 0 fully saturated rings. The van der Waals surface area contributed by atoms with Crippen LogP contribution < -0.4 is 14.8 Å². The highest BCUT2D eigenvalue weighted by atomic mass is 16.5. The fraction of sp³-hybridized carbons (Fsp3) is 0.154.